The van der Waals surface area contributed by atoms with Gasteiger partial charge in [0.25, 0.3) is 5.91 Å². The van der Waals surface area contributed by atoms with Crippen molar-refractivity contribution in [2.24, 2.45) is 0 Å². The summed E-state index contributed by atoms with van der Waals surface area (Å²) < 4.78 is 10.6. The third-order valence-corrected chi connectivity index (χ3v) is 3.55. The Kier molecular flexibility index (Phi) is 3.12. The van der Waals surface area contributed by atoms with Crippen LogP contribution < -0.4 is 4.74 Å². The summed E-state index contributed by atoms with van der Waals surface area (Å²) >= 11 is 0. The number of benzene rings is 1. The summed E-state index contributed by atoms with van der Waals surface area (Å²) in [5.41, 5.74) is 0.571. The Bertz CT molecular complexity index is 537. The second kappa shape index (κ2) is 4.81. The minimum atomic E-state index is -0.404. The van der Waals surface area contributed by atoms with Gasteiger partial charge in [-0.15, -0.1) is 0 Å². The summed E-state index contributed by atoms with van der Waals surface area (Å²) in [4.78, 5) is 25.5. The molecule has 0 saturated carbocycles. The second-order valence-electron chi connectivity index (χ2n) is 5.46. The zero-order chi connectivity index (χ0) is 14.3. The number of rotatable bonds is 3. The zero-order valence-corrected chi connectivity index (χ0v) is 11.5. The molecule has 106 valence electrons. The van der Waals surface area contributed by atoms with Gasteiger partial charge in [-0.1, -0.05) is 0 Å². The zero-order valence-electron chi connectivity index (χ0n) is 11.5. The first-order valence-electron chi connectivity index (χ1n) is 6.83. The lowest BCUT2D eigenvalue weighted by molar-refractivity contribution is -0.149. The molecule has 0 unspecified atom stereocenters. The van der Waals surface area contributed by atoms with E-state index in [4.69, 9.17) is 9.47 Å². The molecular weight excluding hydrogens is 258 g/mol. The van der Waals surface area contributed by atoms with E-state index in [1.54, 1.807) is 29.2 Å². The van der Waals surface area contributed by atoms with Crippen LogP contribution in [0, 0.1) is 0 Å². The van der Waals surface area contributed by atoms with Crippen LogP contribution in [0.25, 0.3) is 0 Å². The molecule has 0 aliphatic carbocycles. The highest BCUT2D eigenvalue weighted by Gasteiger charge is 2.48. The summed E-state index contributed by atoms with van der Waals surface area (Å²) in [7, 11) is 0. The standard InChI is InChI=1S/C15H17NO4/c1-9(2)19-11-5-3-10(4-6-11)14(17)16-8-12-7-13(16)15(18)20-12/h3-6,9,12-13H,7-8H2,1-2H3/t12-,13-/m0/s1. The van der Waals surface area contributed by atoms with E-state index in [1.807, 2.05) is 13.8 Å². The molecule has 1 aromatic carbocycles. The Labute approximate surface area is 117 Å². The number of nitrogens with zero attached hydrogens (tertiary/aromatic N) is 1. The molecule has 2 aliphatic rings. The number of morpholine rings is 1. The Balaban J connectivity index is 1.73. The lowest BCUT2D eigenvalue weighted by atomic mass is 10.1. The number of amides is 1. The van der Waals surface area contributed by atoms with Gasteiger partial charge >= 0.3 is 5.97 Å². The molecule has 5 heteroatoms. The summed E-state index contributed by atoms with van der Waals surface area (Å²) in [6, 6.07) is 6.62. The van der Waals surface area contributed by atoms with Gasteiger partial charge < -0.3 is 14.4 Å². The lowest BCUT2D eigenvalue weighted by Crippen LogP contribution is -2.44. The van der Waals surface area contributed by atoms with E-state index in [0.29, 0.717) is 18.5 Å². The van der Waals surface area contributed by atoms with E-state index in [2.05, 4.69) is 0 Å². The Hall–Kier alpha value is -2.04. The van der Waals surface area contributed by atoms with Crippen LogP contribution in [-0.4, -0.2) is 41.6 Å². The topological polar surface area (TPSA) is 55.8 Å². The van der Waals surface area contributed by atoms with Crippen LogP contribution in [0.3, 0.4) is 0 Å². The van der Waals surface area contributed by atoms with Gasteiger partial charge in [0.2, 0.25) is 0 Å². The van der Waals surface area contributed by atoms with Crippen molar-refractivity contribution in [3.63, 3.8) is 0 Å². The fraction of sp³-hybridized carbons (Fsp3) is 0.467. The van der Waals surface area contributed by atoms with Gasteiger partial charge in [-0.3, -0.25) is 4.79 Å². The van der Waals surface area contributed by atoms with Gasteiger partial charge in [0.15, 0.2) is 0 Å². The number of esters is 1. The first-order valence-corrected chi connectivity index (χ1v) is 6.83. The highest BCUT2D eigenvalue weighted by Crippen LogP contribution is 2.30. The molecule has 2 heterocycles. The maximum atomic E-state index is 12.4. The van der Waals surface area contributed by atoms with E-state index in [0.717, 1.165) is 5.75 Å². The van der Waals surface area contributed by atoms with Crippen molar-refractivity contribution in [1.29, 1.82) is 0 Å². The minimum absolute atomic E-state index is 0.0978. The second-order valence-corrected chi connectivity index (χ2v) is 5.46. The number of ether oxygens (including phenoxy) is 2. The van der Waals surface area contributed by atoms with Crippen molar-refractivity contribution < 1.29 is 19.1 Å². The highest BCUT2D eigenvalue weighted by molar-refractivity contribution is 5.98. The highest BCUT2D eigenvalue weighted by atomic mass is 16.6. The number of carbonyl (C=O) groups excluding carboxylic acids is 2. The predicted molar refractivity (Wildman–Crippen MR) is 71.5 cm³/mol. The number of fused-ring (bicyclic) bond motifs is 2. The molecule has 3 rings (SSSR count). The smallest absolute Gasteiger partial charge is 0.329 e. The minimum Gasteiger partial charge on any atom is -0.491 e. The van der Waals surface area contributed by atoms with Gasteiger partial charge in [-0.25, -0.2) is 4.79 Å². The maximum absolute atomic E-state index is 12.4. The lowest BCUT2D eigenvalue weighted by Gasteiger charge is -2.25. The summed E-state index contributed by atoms with van der Waals surface area (Å²) in [5, 5.41) is 0. The Morgan fingerprint density at radius 2 is 2.05 bits per heavy atom. The predicted octanol–water partition coefficient (Wildman–Crippen LogP) is 1.61. The maximum Gasteiger partial charge on any atom is 0.329 e. The molecule has 1 aromatic rings. The summed E-state index contributed by atoms with van der Waals surface area (Å²) in [6.45, 7) is 4.40. The number of hydrogen-bond acceptors (Lipinski definition) is 4. The average molecular weight is 275 g/mol. The average Bonchev–Trinajstić information content (AvgIpc) is 2.97. The molecule has 1 amide bonds. The first-order chi connectivity index (χ1) is 9.54. The number of carbonyl (C=O) groups is 2. The molecule has 2 aliphatic heterocycles. The van der Waals surface area contributed by atoms with Crippen molar-refractivity contribution >= 4 is 11.9 Å². The van der Waals surface area contributed by atoms with Crippen LogP contribution in [0.1, 0.15) is 30.6 Å². The van der Waals surface area contributed by atoms with E-state index in [-0.39, 0.29) is 24.1 Å². The van der Waals surface area contributed by atoms with E-state index >= 15 is 0 Å². The van der Waals surface area contributed by atoms with E-state index in [1.165, 1.54) is 0 Å². The quantitative estimate of drug-likeness (QED) is 0.786. The molecule has 2 fully saturated rings. The fourth-order valence-electron chi connectivity index (χ4n) is 2.69. The van der Waals surface area contributed by atoms with Crippen LogP contribution in [0.5, 0.6) is 5.75 Å². The summed E-state index contributed by atoms with van der Waals surface area (Å²) in [6.07, 6.45) is 0.597. The third kappa shape index (κ3) is 2.24. The fourth-order valence-corrected chi connectivity index (χ4v) is 2.69. The monoisotopic (exact) mass is 275 g/mol. The van der Waals surface area contributed by atoms with Crippen LogP contribution in [0.4, 0.5) is 0 Å². The molecule has 0 aromatic heterocycles. The number of likely N-dealkylation sites (tertiary alicyclic amines) is 1. The van der Waals surface area contributed by atoms with E-state index in [9.17, 15) is 9.59 Å². The Morgan fingerprint density at radius 1 is 1.35 bits per heavy atom. The largest absolute Gasteiger partial charge is 0.491 e. The summed E-state index contributed by atoms with van der Waals surface area (Å²) in [5.74, 6) is 0.332. The van der Waals surface area contributed by atoms with Crippen molar-refractivity contribution in [3.05, 3.63) is 29.8 Å². The molecule has 2 atom stereocenters. The van der Waals surface area contributed by atoms with Crippen molar-refractivity contribution in [2.45, 2.75) is 38.5 Å². The van der Waals surface area contributed by atoms with Gasteiger partial charge in [0.1, 0.15) is 17.9 Å². The molecule has 20 heavy (non-hydrogen) atoms. The molecule has 2 bridgehead atoms. The van der Waals surface area contributed by atoms with Gasteiger partial charge in [-0.2, -0.15) is 0 Å². The molecule has 0 radical (unpaired) electrons. The van der Waals surface area contributed by atoms with Gasteiger partial charge in [0, 0.05) is 12.0 Å². The molecule has 0 spiro atoms. The molecule has 5 nitrogen and oxygen atoms in total. The van der Waals surface area contributed by atoms with Crippen LogP contribution in [-0.2, 0) is 9.53 Å². The number of hydrogen-bond donors (Lipinski definition) is 0. The van der Waals surface area contributed by atoms with Crippen LogP contribution >= 0.6 is 0 Å². The molecule has 0 N–H and O–H groups in total. The van der Waals surface area contributed by atoms with Crippen LogP contribution in [0.15, 0.2) is 24.3 Å². The normalized spacial score (nSPS) is 24.1. The molecule has 2 saturated heterocycles. The van der Waals surface area contributed by atoms with Gasteiger partial charge in [-0.05, 0) is 38.1 Å². The first kappa shape index (κ1) is 13.0. The van der Waals surface area contributed by atoms with Crippen LogP contribution in [0.2, 0.25) is 0 Å². The van der Waals surface area contributed by atoms with Gasteiger partial charge in [0.05, 0.1) is 12.6 Å². The van der Waals surface area contributed by atoms with Crippen molar-refractivity contribution in [3.8, 4) is 5.75 Å². The molecular formula is C15H17NO4. The van der Waals surface area contributed by atoms with E-state index < -0.39 is 6.04 Å². The SMILES string of the molecule is CC(C)Oc1ccc(C(=O)N2C[C@@H]3C[C@H]2C(=O)O3)cc1. The third-order valence-electron chi connectivity index (χ3n) is 3.55. The Morgan fingerprint density at radius 3 is 2.60 bits per heavy atom. The van der Waals surface area contributed by atoms with Crippen molar-refractivity contribution in [2.75, 3.05) is 6.54 Å². The van der Waals surface area contributed by atoms with Crippen molar-refractivity contribution in [1.82, 2.24) is 4.90 Å².